The normalized spacial score (nSPS) is 11.0. The standard InChI is InChI=1S/C15H12N6/c1-2-4-11(5-3-1)9-21-13(6-7-18-21)15-19-12-8-16-10-17-14(12)20-15/h1-8,10H,9H2,(H,16,17,19,20). The van der Waals surface area contributed by atoms with E-state index in [9.17, 15) is 0 Å². The first-order valence-corrected chi connectivity index (χ1v) is 6.62. The van der Waals surface area contributed by atoms with Crippen molar-refractivity contribution in [2.75, 3.05) is 0 Å². The summed E-state index contributed by atoms with van der Waals surface area (Å²) in [5, 5.41) is 4.38. The van der Waals surface area contributed by atoms with Crippen molar-refractivity contribution in [2.24, 2.45) is 0 Å². The van der Waals surface area contributed by atoms with Crippen LogP contribution in [0.1, 0.15) is 5.56 Å². The van der Waals surface area contributed by atoms with Gasteiger partial charge >= 0.3 is 0 Å². The van der Waals surface area contributed by atoms with Crippen LogP contribution < -0.4 is 0 Å². The van der Waals surface area contributed by atoms with Gasteiger partial charge in [-0.2, -0.15) is 5.10 Å². The first-order valence-electron chi connectivity index (χ1n) is 6.62. The van der Waals surface area contributed by atoms with Crippen LogP contribution in [0.3, 0.4) is 0 Å². The van der Waals surface area contributed by atoms with Gasteiger partial charge in [-0.1, -0.05) is 30.3 Å². The molecule has 3 aromatic heterocycles. The zero-order chi connectivity index (χ0) is 14.1. The Labute approximate surface area is 120 Å². The molecular weight excluding hydrogens is 264 g/mol. The summed E-state index contributed by atoms with van der Waals surface area (Å²) in [6, 6.07) is 12.1. The smallest absolute Gasteiger partial charge is 0.181 e. The molecule has 0 aliphatic carbocycles. The minimum atomic E-state index is 0.660. The molecule has 3 heterocycles. The molecule has 0 atom stereocenters. The molecular formula is C15H12N6. The van der Waals surface area contributed by atoms with Gasteiger partial charge in [0.1, 0.15) is 17.5 Å². The highest BCUT2D eigenvalue weighted by Gasteiger charge is 2.11. The number of benzene rings is 1. The van der Waals surface area contributed by atoms with Crippen LogP contribution in [-0.2, 0) is 6.54 Å². The lowest BCUT2D eigenvalue weighted by molar-refractivity contribution is 0.691. The predicted octanol–water partition coefficient (Wildman–Crippen LogP) is 2.26. The fourth-order valence-corrected chi connectivity index (χ4v) is 2.30. The quantitative estimate of drug-likeness (QED) is 0.623. The second-order valence-corrected chi connectivity index (χ2v) is 4.71. The summed E-state index contributed by atoms with van der Waals surface area (Å²) < 4.78 is 1.92. The largest absolute Gasteiger partial charge is 0.334 e. The second kappa shape index (κ2) is 4.82. The summed E-state index contributed by atoms with van der Waals surface area (Å²) in [7, 11) is 0. The highest BCUT2D eigenvalue weighted by molar-refractivity contribution is 5.73. The molecule has 0 unspecified atom stereocenters. The Morgan fingerprint density at radius 1 is 1.10 bits per heavy atom. The molecule has 0 fully saturated rings. The SMILES string of the molecule is c1ccc(Cn2nccc2-c2nc3ncncc3[nH]2)cc1. The van der Waals surface area contributed by atoms with Gasteiger partial charge in [0.25, 0.3) is 0 Å². The molecule has 4 rings (SSSR count). The molecule has 6 heteroatoms. The monoisotopic (exact) mass is 276 g/mol. The van der Waals surface area contributed by atoms with E-state index >= 15 is 0 Å². The van der Waals surface area contributed by atoms with E-state index in [-0.39, 0.29) is 0 Å². The van der Waals surface area contributed by atoms with Crippen LogP contribution >= 0.6 is 0 Å². The van der Waals surface area contributed by atoms with Crippen LogP contribution in [0, 0.1) is 0 Å². The van der Waals surface area contributed by atoms with Crippen molar-refractivity contribution in [1.82, 2.24) is 29.7 Å². The number of imidazole rings is 1. The third kappa shape index (κ3) is 2.16. The van der Waals surface area contributed by atoms with Crippen molar-refractivity contribution < 1.29 is 0 Å². The van der Waals surface area contributed by atoms with Gasteiger partial charge < -0.3 is 4.98 Å². The highest BCUT2D eigenvalue weighted by atomic mass is 15.3. The minimum absolute atomic E-state index is 0.660. The Bertz CT molecular complexity index is 844. The van der Waals surface area contributed by atoms with Gasteiger partial charge in [0, 0.05) is 6.20 Å². The average molecular weight is 276 g/mol. The van der Waals surface area contributed by atoms with Crippen LogP contribution in [0.25, 0.3) is 22.7 Å². The number of H-pyrrole nitrogens is 1. The number of nitrogens with zero attached hydrogens (tertiary/aromatic N) is 5. The van der Waals surface area contributed by atoms with Gasteiger partial charge in [0.15, 0.2) is 11.5 Å². The Morgan fingerprint density at radius 2 is 2.00 bits per heavy atom. The van der Waals surface area contributed by atoms with Crippen molar-refractivity contribution in [3.05, 3.63) is 60.7 Å². The Hall–Kier alpha value is -3.02. The summed E-state index contributed by atoms with van der Waals surface area (Å²) in [6.45, 7) is 0.700. The molecule has 0 amide bonds. The predicted molar refractivity (Wildman–Crippen MR) is 78.4 cm³/mol. The summed E-state index contributed by atoms with van der Waals surface area (Å²) in [4.78, 5) is 15.9. The molecule has 1 N–H and O–H groups in total. The topological polar surface area (TPSA) is 72.3 Å². The summed E-state index contributed by atoms with van der Waals surface area (Å²) in [5.41, 5.74) is 3.60. The lowest BCUT2D eigenvalue weighted by atomic mass is 10.2. The van der Waals surface area contributed by atoms with E-state index < -0.39 is 0 Å². The molecule has 0 spiro atoms. The van der Waals surface area contributed by atoms with Gasteiger partial charge in [-0.05, 0) is 11.6 Å². The van der Waals surface area contributed by atoms with E-state index in [0.29, 0.717) is 12.2 Å². The third-order valence-electron chi connectivity index (χ3n) is 3.30. The van der Waals surface area contributed by atoms with Crippen molar-refractivity contribution >= 4 is 11.2 Å². The second-order valence-electron chi connectivity index (χ2n) is 4.71. The molecule has 6 nitrogen and oxygen atoms in total. The lowest BCUT2D eigenvalue weighted by Gasteiger charge is -2.05. The molecule has 0 radical (unpaired) electrons. The van der Waals surface area contributed by atoms with Crippen molar-refractivity contribution in [3.8, 4) is 11.5 Å². The fraction of sp³-hybridized carbons (Fsp3) is 0.0667. The minimum Gasteiger partial charge on any atom is -0.334 e. The Kier molecular flexibility index (Phi) is 2.71. The van der Waals surface area contributed by atoms with E-state index in [1.54, 1.807) is 12.4 Å². The van der Waals surface area contributed by atoms with Gasteiger partial charge in [0.05, 0.1) is 12.7 Å². The van der Waals surface area contributed by atoms with Crippen LogP contribution in [0.4, 0.5) is 0 Å². The molecule has 21 heavy (non-hydrogen) atoms. The number of fused-ring (bicyclic) bond motifs is 1. The van der Waals surface area contributed by atoms with E-state index in [1.807, 2.05) is 28.9 Å². The van der Waals surface area contributed by atoms with Crippen molar-refractivity contribution in [3.63, 3.8) is 0 Å². The van der Waals surface area contributed by atoms with Crippen LogP contribution in [0.15, 0.2) is 55.1 Å². The number of hydrogen-bond donors (Lipinski definition) is 1. The summed E-state index contributed by atoms with van der Waals surface area (Å²) in [6.07, 6.45) is 4.99. The maximum absolute atomic E-state index is 4.49. The van der Waals surface area contributed by atoms with Crippen LogP contribution in [0.5, 0.6) is 0 Å². The lowest BCUT2D eigenvalue weighted by Crippen LogP contribution is -2.04. The number of hydrogen-bond acceptors (Lipinski definition) is 4. The average Bonchev–Trinajstić information content (AvgIpc) is 3.14. The van der Waals surface area contributed by atoms with Crippen LogP contribution in [0.2, 0.25) is 0 Å². The number of nitrogens with one attached hydrogen (secondary N) is 1. The van der Waals surface area contributed by atoms with E-state index in [4.69, 9.17) is 0 Å². The van der Waals surface area contributed by atoms with Gasteiger partial charge in [0.2, 0.25) is 0 Å². The molecule has 4 aromatic rings. The van der Waals surface area contributed by atoms with E-state index in [1.165, 1.54) is 11.9 Å². The Balaban J connectivity index is 1.74. The van der Waals surface area contributed by atoms with E-state index in [0.717, 1.165) is 17.0 Å². The molecule has 0 saturated heterocycles. The maximum Gasteiger partial charge on any atom is 0.181 e. The van der Waals surface area contributed by atoms with E-state index in [2.05, 4.69) is 37.2 Å². The molecule has 0 saturated carbocycles. The first kappa shape index (κ1) is 11.8. The molecule has 102 valence electrons. The fourth-order valence-electron chi connectivity index (χ4n) is 2.30. The first-order chi connectivity index (χ1) is 10.4. The molecule has 0 aliphatic rings. The molecule has 0 aliphatic heterocycles. The number of aromatic nitrogens is 6. The Morgan fingerprint density at radius 3 is 2.86 bits per heavy atom. The van der Waals surface area contributed by atoms with Crippen molar-refractivity contribution in [1.29, 1.82) is 0 Å². The zero-order valence-corrected chi connectivity index (χ0v) is 11.1. The third-order valence-corrected chi connectivity index (χ3v) is 3.30. The van der Waals surface area contributed by atoms with Crippen LogP contribution in [-0.4, -0.2) is 29.7 Å². The number of rotatable bonds is 3. The van der Waals surface area contributed by atoms with Gasteiger partial charge in [-0.25, -0.2) is 15.0 Å². The summed E-state index contributed by atoms with van der Waals surface area (Å²) >= 11 is 0. The summed E-state index contributed by atoms with van der Waals surface area (Å²) in [5.74, 6) is 0.749. The van der Waals surface area contributed by atoms with Gasteiger partial charge in [-0.15, -0.1) is 0 Å². The maximum atomic E-state index is 4.49. The zero-order valence-electron chi connectivity index (χ0n) is 11.1. The van der Waals surface area contributed by atoms with Gasteiger partial charge in [-0.3, -0.25) is 4.68 Å². The number of aromatic amines is 1. The molecule has 1 aromatic carbocycles. The highest BCUT2D eigenvalue weighted by Crippen LogP contribution is 2.19. The molecule has 0 bridgehead atoms. The van der Waals surface area contributed by atoms with Crippen molar-refractivity contribution in [2.45, 2.75) is 6.54 Å².